The topological polar surface area (TPSA) is 89.3 Å². The van der Waals surface area contributed by atoms with Crippen molar-refractivity contribution in [2.75, 3.05) is 38.2 Å². The zero-order valence-corrected chi connectivity index (χ0v) is 18.1. The van der Waals surface area contributed by atoms with Crippen LogP contribution < -0.4 is 9.64 Å². The zero-order chi connectivity index (χ0) is 22.1. The number of aromatic nitrogens is 5. The highest BCUT2D eigenvalue weighted by Crippen LogP contribution is 2.25. The molecule has 2 aromatic heterocycles. The van der Waals surface area contributed by atoms with E-state index in [-0.39, 0.29) is 5.91 Å². The van der Waals surface area contributed by atoms with E-state index in [9.17, 15) is 4.79 Å². The van der Waals surface area contributed by atoms with E-state index in [1.165, 1.54) is 6.33 Å². The van der Waals surface area contributed by atoms with Gasteiger partial charge in [-0.25, -0.2) is 9.97 Å². The van der Waals surface area contributed by atoms with Crippen LogP contribution in [-0.4, -0.2) is 69.1 Å². The van der Waals surface area contributed by atoms with Crippen LogP contribution in [0.5, 0.6) is 5.75 Å². The lowest BCUT2D eigenvalue weighted by molar-refractivity contribution is 0.0747. The number of amides is 1. The molecule has 0 spiro atoms. The highest BCUT2D eigenvalue weighted by atomic mass is 35.5. The van der Waals surface area contributed by atoms with Gasteiger partial charge in [-0.05, 0) is 24.3 Å². The highest BCUT2D eigenvalue weighted by Gasteiger charge is 2.26. The molecule has 1 amide bonds. The lowest BCUT2D eigenvalue weighted by Gasteiger charge is -2.35. The summed E-state index contributed by atoms with van der Waals surface area (Å²) in [5, 5.41) is 9.10. The minimum Gasteiger partial charge on any atom is -0.497 e. The van der Waals surface area contributed by atoms with Crippen molar-refractivity contribution in [1.29, 1.82) is 0 Å². The van der Waals surface area contributed by atoms with Gasteiger partial charge in [0, 0.05) is 32.2 Å². The molecule has 0 N–H and O–H groups in total. The van der Waals surface area contributed by atoms with E-state index < -0.39 is 0 Å². The van der Waals surface area contributed by atoms with Gasteiger partial charge in [0.2, 0.25) is 0 Å². The first-order valence-electron chi connectivity index (χ1n) is 10.2. The van der Waals surface area contributed by atoms with Gasteiger partial charge >= 0.3 is 0 Å². The molecule has 1 aliphatic rings. The van der Waals surface area contributed by atoms with E-state index in [0.717, 1.165) is 11.4 Å². The molecule has 0 aliphatic carbocycles. The number of benzene rings is 2. The molecule has 5 rings (SSSR count). The number of carbonyl (C=O) groups excluding carboxylic acids is 1. The number of hydrogen-bond acceptors (Lipinski definition) is 7. The van der Waals surface area contributed by atoms with Crippen molar-refractivity contribution in [3.8, 4) is 11.4 Å². The van der Waals surface area contributed by atoms with Crippen molar-refractivity contribution in [2.24, 2.45) is 0 Å². The quantitative estimate of drug-likeness (QED) is 0.473. The van der Waals surface area contributed by atoms with Crippen LogP contribution in [0.15, 0.2) is 54.9 Å². The Labute approximate surface area is 189 Å². The van der Waals surface area contributed by atoms with E-state index in [2.05, 4.69) is 25.2 Å². The predicted octanol–water partition coefficient (Wildman–Crippen LogP) is 2.83. The van der Waals surface area contributed by atoms with Crippen molar-refractivity contribution in [1.82, 2.24) is 29.9 Å². The lowest BCUT2D eigenvalue weighted by Crippen LogP contribution is -2.49. The number of carbonyl (C=O) groups is 1. The molecule has 0 saturated carbocycles. The summed E-state index contributed by atoms with van der Waals surface area (Å²) < 4.78 is 6.98. The van der Waals surface area contributed by atoms with Crippen LogP contribution in [0.4, 0.5) is 5.82 Å². The number of rotatable bonds is 4. The first kappa shape index (κ1) is 20.2. The van der Waals surface area contributed by atoms with Gasteiger partial charge in [-0.3, -0.25) is 4.79 Å². The molecule has 32 heavy (non-hydrogen) atoms. The minimum absolute atomic E-state index is 0.0629. The Morgan fingerprint density at radius 1 is 1.03 bits per heavy atom. The van der Waals surface area contributed by atoms with Gasteiger partial charge in [-0.15, -0.1) is 5.10 Å². The van der Waals surface area contributed by atoms with Gasteiger partial charge in [0.15, 0.2) is 17.0 Å². The lowest BCUT2D eigenvalue weighted by atomic mass is 10.2. The summed E-state index contributed by atoms with van der Waals surface area (Å²) in [6.07, 6.45) is 1.51. The average molecular weight is 450 g/mol. The minimum atomic E-state index is -0.0629. The molecule has 1 fully saturated rings. The highest BCUT2D eigenvalue weighted by molar-refractivity contribution is 6.33. The Kier molecular flexibility index (Phi) is 5.32. The third-order valence-electron chi connectivity index (χ3n) is 5.49. The van der Waals surface area contributed by atoms with Crippen LogP contribution in [0.2, 0.25) is 5.02 Å². The summed E-state index contributed by atoms with van der Waals surface area (Å²) in [4.78, 5) is 25.6. The molecule has 2 aromatic carbocycles. The number of fused-ring (bicyclic) bond motifs is 1. The molecule has 4 aromatic rings. The maximum Gasteiger partial charge on any atom is 0.255 e. The largest absolute Gasteiger partial charge is 0.497 e. The second-order valence-corrected chi connectivity index (χ2v) is 7.74. The van der Waals surface area contributed by atoms with E-state index in [1.807, 2.05) is 41.3 Å². The van der Waals surface area contributed by atoms with Gasteiger partial charge in [0.1, 0.15) is 12.1 Å². The van der Waals surface area contributed by atoms with E-state index in [1.54, 1.807) is 23.9 Å². The number of anilines is 1. The SMILES string of the molecule is COc1cccc(-n2nnc3c(N4CCN(C(=O)c5ccccc5Cl)CC4)ncnc32)c1. The molecule has 0 bridgehead atoms. The summed E-state index contributed by atoms with van der Waals surface area (Å²) in [5.41, 5.74) is 2.54. The van der Waals surface area contributed by atoms with Gasteiger partial charge in [0.25, 0.3) is 5.91 Å². The van der Waals surface area contributed by atoms with Gasteiger partial charge in [-0.1, -0.05) is 35.0 Å². The molecule has 0 unspecified atom stereocenters. The standard InChI is InChI=1S/C22H20ClN7O2/c1-32-16-6-4-5-15(13-16)30-21-19(26-27-30)20(24-14-25-21)28-9-11-29(12-10-28)22(31)17-7-2-3-8-18(17)23/h2-8,13-14H,9-12H2,1H3. The fourth-order valence-electron chi connectivity index (χ4n) is 3.81. The van der Waals surface area contributed by atoms with Crippen LogP contribution in [-0.2, 0) is 0 Å². The summed E-state index contributed by atoms with van der Waals surface area (Å²) in [6, 6.07) is 14.7. The molecule has 0 radical (unpaired) electrons. The number of ether oxygens (including phenoxy) is 1. The fourth-order valence-corrected chi connectivity index (χ4v) is 4.03. The second kappa shape index (κ2) is 8.43. The van der Waals surface area contributed by atoms with E-state index in [4.69, 9.17) is 16.3 Å². The molecule has 10 heteroatoms. The van der Waals surface area contributed by atoms with Crippen molar-refractivity contribution >= 4 is 34.5 Å². The molecule has 1 aliphatic heterocycles. The number of piperazine rings is 1. The van der Waals surface area contributed by atoms with Crippen LogP contribution in [0.3, 0.4) is 0 Å². The zero-order valence-electron chi connectivity index (χ0n) is 17.3. The van der Waals surface area contributed by atoms with Gasteiger partial charge in [0.05, 0.1) is 23.4 Å². The van der Waals surface area contributed by atoms with Crippen molar-refractivity contribution in [3.05, 3.63) is 65.4 Å². The Balaban J connectivity index is 1.38. The first-order valence-corrected chi connectivity index (χ1v) is 10.5. The summed E-state index contributed by atoms with van der Waals surface area (Å²) >= 11 is 6.20. The Morgan fingerprint density at radius 2 is 1.84 bits per heavy atom. The third kappa shape index (κ3) is 3.60. The Morgan fingerprint density at radius 3 is 2.62 bits per heavy atom. The fraction of sp³-hybridized carbons (Fsp3) is 0.227. The molecule has 162 valence electrons. The molecular weight excluding hydrogens is 430 g/mol. The molecule has 3 heterocycles. The average Bonchev–Trinajstić information content (AvgIpc) is 3.28. The smallest absolute Gasteiger partial charge is 0.255 e. The van der Waals surface area contributed by atoms with E-state index in [0.29, 0.717) is 53.7 Å². The maximum atomic E-state index is 12.9. The van der Waals surface area contributed by atoms with Crippen LogP contribution in [0.25, 0.3) is 16.9 Å². The Bertz CT molecular complexity index is 1280. The summed E-state index contributed by atoms with van der Waals surface area (Å²) in [7, 11) is 1.62. The molecule has 9 nitrogen and oxygen atoms in total. The summed E-state index contributed by atoms with van der Waals surface area (Å²) in [5.74, 6) is 1.36. The summed E-state index contributed by atoms with van der Waals surface area (Å²) in [6.45, 7) is 2.35. The molecule has 1 saturated heterocycles. The molecule has 0 atom stereocenters. The van der Waals surface area contributed by atoms with E-state index >= 15 is 0 Å². The van der Waals surface area contributed by atoms with Crippen LogP contribution in [0, 0.1) is 0 Å². The van der Waals surface area contributed by atoms with Crippen LogP contribution in [0.1, 0.15) is 10.4 Å². The first-order chi connectivity index (χ1) is 15.7. The van der Waals surface area contributed by atoms with Crippen molar-refractivity contribution in [2.45, 2.75) is 0 Å². The van der Waals surface area contributed by atoms with Gasteiger partial charge < -0.3 is 14.5 Å². The predicted molar refractivity (Wildman–Crippen MR) is 121 cm³/mol. The van der Waals surface area contributed by atoms with Crippen molar-refractivity contribution in [3.63, 3.8) is 0 Å². The second-order valence-electron chi connectivity index (χ2n) is 7.33. The number of nitrogens with zero attached hydrogens (tertiary/aromatic N) is 7. The van der Waals surface area contributed by atoms with Gasteiger partial charge in [-0.2, -0.15) is 4.68 Å². The third-order valence-corrected chi connectivity index (χ3v) is 5.82. The number of hydrogen-bond donors (Lipinski definition) is 0. The van der Waals surface area contributed by atoms with Crippen molar-refractivity contribution < 1.29 is 9.53 Å². The number of halogens is 1. The number of methoxy groups -OCH3 is 1. The Hall–Kier alpha value is -3.72. The molecular formula is C22H20ClN7O2. The normalized spacial score (nSPS) is 14.1. The van der Waals surface area contributed by atoms with Crippen LogP contribution >= 0.6 is 11.6 Å². The maximum absolute atomic E-state index is 12.9. The monoisotopic (exact) mass is 449 g/mol.